The molecule has 1 nitrogen and oxygen atoms in total. The highest BCUT2D eigenvalue weighted by Crippen LogP contribution is 2.44. The van der Waals surface area contributed by atoms with Crippen molar-refractivity contribution in [2.24, 2.45) is 11.8 Å². The van der Waals surface area contributed by atoms with Crippen molar-refractivity contribution in [3.63, 3.8) is 0 Å². The number of rotatable bonds is 8. The summed E-state index contributed by atoms with van der Waals surface area (Å²) in [6, 6.07) is 15.4. The largest absolute Gasteiger partial charge is 0.573 e. The van der Waals surface area contributed by atoms with E-state index < -0.39 is 15.2 Å². The average molecular weight is 507 g/mol. The number of unbranched alkanes of at least 4 members (excludes halogenated alkanes) is 2. The summed E-state index contributed by atoms with van der Waals surface area (Å²) < 4.78 is 56.0. The number of benzene rings is 2. The fourth-order valence-electron chi connectivity index (χ4n) is 6.41. The highest BCUT2D eigenvalue weighted by Gasteiger charge is 2.32. The lowest BCUT2D eigenvalue weighted by molar-refractivity contribution is -0.274. The summed E-state index contributed by atoms with van der Waals surface area (Å²) in [5, 5.41) is 0. The normalized spacial score (nSPS) is 25.4. The quantitative estimate of drug-likeness (QED) is 0.197. The van der Waals surface area contributed by atoms with E-state index in [1.54, 1.807) is 30.3 Å². The summed E-state index contributed by atoms with van der Waals surface area (Å²) >= 11 is 0. The first-order chi connectivity index (χ1) is 16.8. The zero-order valence-electron chi connectivity index (χ0n) is 20.8. The van der Waals surface area contributed by atoms with Crippen LogP contribution in [-0.2, 0) is 0 Å². The van der Waals surface area contributed by atoms with E-state index in [-0.39, 0.29) is 11.6 Å². The summed E-state index contributed by atoms with van der Waals surface area (Å²) in [6.07, 6.45) is 7.11. The Morgan fingerprint density at radius 1 is 0.857 bits per heavy atom. The Labute approximate surface area is 208 Å². The first-order valence-electron chi connectivity index (χ1n) is 13.5. The van der Waals surface area contributed by atoms with E-state index in [4.69, 9.17) is 0 Å². The molecule has 4 rings (SSSR count). The van der Waals surface area contributed by atoms with E-state index in [0.29, 0.717) is 17.0 Å². The molecule has 0 amide bonds. The minimum Gasteiger partial charge on any atom is -0.406 e. The number of alkyl halides is 3. The number of hydrogen-bond acceptors (Lipinski definition) is 1. The molecule has 35 heavy (non-hydrogen) atoms. The van der Waals surface area contributed by atoms with Crippen molar-refractivity contribution >= 4 is 8.80 Å². The number of ether oxygens (including phenoxy) is 1. The summed E-state index contributed by atoms with van der Waals surface area (Å²) in [5.41, 5.74) is 2.00. The second-order valence-corrected chi connectivity index (χ2v) is 14.2. The fraction of sp³-hybridized carbons (Fsp3) is 0.586. The van der Waals surface area contributed by atoms with Gasteiger partial charge in [0, 0.05) is 14.4 Å². The topological polar surface area (TPSA) is 9.23 Å². The Hall–Kier alpha value is -1.82. The predicted molar refractivity (Wildman–Crippen MR) is 137 cm³/mol. The molecular formula is C29H38F4OSi. The molecule has 1 heterocycles. The molecule has 6 heteroatoms. The van der Waals surface area contributed by atoms with Crippen LogP contribution in [0.4, 0.5) is 17.6 Å². The Morgan fingerprint density at radius 2 is 1.51 bits per heavy atom. The van der Waals surface area contributed by atoms with Gasteiger partial charge in [-0.25, -0.2) is 4.39 Å². The van der Waals surface area contributed by atoms with Crippen LogP contribution in [0.15, 0.2) is 42.5 Å². The Morgan fingerprint density at radius 3 is 2.11 bits per heavy atom. The molecule has 0 atom stereocenters. The maximum absolute atomic E-state index is 15.0. The maximum atomic E-state index is 15.0. The van der Waals surface area contributed by atoms with Gasteiger partial charge in [0.2, 0.25) is 0 Å². The van der Waals surface area contributed by atoms with Gasteiger partial charge in [-0.2, -0.15) is 0 Å². The van der Waals surface area contributed by atoms with E-state index in [2.05, 4.69) is 11.7 Å². The molecule has 0 N–H and O–H groups in total. The molecular weight excluding hydrogens is 468 g/mol. The van der Waals surface area contributed by atoms with Crippen LogP contribution >= 0.6 is 0 Å². The number of hydrogen-bond donors (Lipinski definition) is 0. The minimum atomic E-state index is -4.73. The average Bonchev–Trinajstić information content (AvgIpc) is 2.84. The van der Waals surface area contributed by atoms with Crippen molar-refractivity contribution in [2.45, 2.75) is 95.1 Å². The Balaban J connectivity index is 1.29. The van der Waals surface area contributed by atoms with Crippen LogP contribution in [0.25, 0.3) is 11.1 Å². The second-order valence-electron chi connectivity index (χ2n) is 10.7. The Kier molecular flexibility index (Phi) is 8.95. The summed E-state index contributed by atoms with van der Waals surface area (Å²) in [4.78, 5) is 0. The van der Waals surface area contributed by atoms with Crippen molar-refractivity contribution in [2.75, 3.05) is 0 Å². The Bertz CT molecular complexity index is 927. The van der Waals surface area contributed by atoms with Crippen LogP contribution in [-0.4, -0.2) is 15.2 Å². The minimum absolute atomic E-state index is 0.303. The monoisotopic (exact) mass is 506 g/mol. The standard InChI is InChI=1S/C29H38F4OSi/c1-2-3-4-17-35-18-15-23(16-19-35)21-5-7-22(8-6-21)25-11-14-27(28(30)20-25)24-9-12-26(13-10-24)34-29(31,32)33/h9-14,20-23,35H,2-8,15-19H2,1H3/t21-,22-,23?,35?. The summed E-state index contributed by atoms with van der Waals surface area (Å²) in [6.45, 7) is 2.29. The molecule has 0 aromatic heterocycles. The highest BCUT2D eigenvalue weighted by molar-refractivity contribution is 6.58. The van der Waals surface area contributed by atoms with Crippen LogP contribution in [0.5, 0.6) is 5.75 Å². The molecule has 0 radical (unpaired) electrons. The van der Waals surface area contributed by atoms with Crippen LogP contribution in [0.2, 0.25) is 18.1 Å². The van der Waals surface area contributed by atoms with Gasteiger partial charge in [-0.05, 0) is 72.8 Å². The van der Waals surface area contributed by atoms with Crippen molar-refractivity contribution in [1.82, 2.24) is 0 Å². The number of halogens is 4. The summed E-state index contributed by atoms with van der Waals surface area (Å²) in [5.74, 6) is 1.53. The van der Waals surface area contributed by atoms with Gasteiger partial charge in [0.1, 0.15) is 11.6 Å². The SMILES string of the molecule is CCCCC[SiH]1CCC([C@H]2CC[C@H](c3ccc(-c4ccc(OC(F)(F)F)cc4)c(F)c3)CC2)CC1. The van der Waals surface area contributed by atoms with E-state index in [0.717, 1.165) is 30.2 Å². The second kappa shape index (κ2) is 11.9. The van der Waals surface area contributed by atoms with Crippen LogP contribution in [0.1, 0.15) is 76.2 Å². The summed E-state index contributed by atoms with van der Waals surface area (Å²) in [7, 11) is -0.460. The van der Waals surface area contributed by atoms with Crippen LogP contribution in [0, 0.1) is 17.7 Å². The van der Waals surface area contributed by atoms with E-state index in [1.807, 2.05) is 6.07 Å². The van der Waals surface area contributed by atoms with Crippen molar-refractivity contribution < 1.29 is 22.3 Å². The van der Waals surface area contributed by atoms with Crippen LogP contribution in [0.3, 0.4) is 0 Å². The zero-order valence-corrected chi connectivity index (χ0v) is 21.9. The van der Waals surface area contributed by atoms with Crippen molar-refractivity contribution in [3.05, 3.63) is 53.8 Å². The third-order valence-electron chi connectivity index (χ3n) is 8.41. The lowest BCUT2D eigenvalue weighted by Gasteiger charge is -2.37. The van der Waals surface area contributed by atoms with Crippen LogP contribution < -0.4 is 4.74 Å². The third kappa shape index (κ3) is 7.34. The zero-order chi connectivity index (χ0) is 24.8. The molecule has 2 aliphatic rings. The van der Waals surface area contributed by atoms with Crippen molar-refractivity contribution in [3.8, 4) is 16.9 Å². The van der Waals surface area contributed by atoms with Crippen molar-refractivity contribution in [1.29, 1.82) is 0 Å². The van der Waals surface area contributed by atoms with Gasteiger partial charge in [-0.1, -0.05) is 81.4 Å². The fourth-order valence-corrected chi connectivity index (χ4v) is 9.94. The molecule has 1 aliphatic heterocycles. The van der Waals surface area contributed by atoms with Gasteiger partial charge < -0.3 is 4.74 Å². The van der Waals surface area contributed by atoms with E-state index in [1.165, 1.54) is 69.2 Å². The molecule has 1 aliphatic carbocycles. The first kappa shape index (κ1) is 26.2. The highest BCUT2D eigenvalue weighted by atomic mass is 28.3. The third-order valence-corrected chi connectivity index (χ3v) is 11.9. The van der Waals surface area contributed by atoms with Gasteiger partial charge in [-0.15, -0.1) is 13.2 Å². The van der Waals surface area contributed by atoms with Gasteiger partial charge in [0.25, 0.3) is 0 Å². The van der Waals surface area contributed by atoms with Gasteiger partial charge in [0.05, 0.1) is 0 Å². The molecule has 2 aromatic rings. The van der Waals surface area contributed by atoms with Gasteiger partial charge in [0.15, 0.2) is 0 Å². The van der Waals surface area contributed by atoms with Gasteiger partial charge in [-0.3, -0.25) is 0 Å². The molecule has 192 valence electrons. The maximum Gasteiger partial charge on any atom is 0.573 e. The van der Waals surface area contributed by atoms with Gasteiger partial charge >= 0.3 is 6.36 Å². The van der Waals surface area contributed by atoms with E-state index in [9.17, 15) is 17.6 Å². The predicted octanol–water partition coefficient (Wildman–Crippen LogP) is 9.49. The molecule has 1 saturated heterocycles. The van der Waals surface area contributed by atoms with E-state index >= 15 is 0 Å². The smallest absolute Gasteiger partial charge is 0.406 e. The molecule has 0 bridgehead atoms. The lowest BCUT2D eigenvalue weighted by atomic mass is 9.72. The molecule has 0 unspecified atom stereocenters. The molecule has 2 aromatic carbocycles. The molecule has 0 spiro atoms. The lowest BCUT2D eigenvalue weighted by Crippen LogP contribution is -2.28. The molecule has 1 saturated carbocycles. The molecule has 2 fully saturated rings. The first-order valence-corrected chi connectivity index (χ1v) is 15.9.